The minimum atomic E-state index is -3.82. The van der Waals surface area contributed by atoms with Gasteiger partial charge in [0.25, 0.3) is 0 Å². The Morgan fingerprint density at radius 3 is 2.54 bits per heavy atom. The standard InChI is InChI=1S/C15H20N2O6S/c1-10-5-7-12(8-6-10)24(21,22)17-9-3-4-13(17)15(20)23-16-11(2)14(18)19/h5-8,11,13,16H,3-4,9H2,1-2H3,(H,18,19)/t11-,13+/m0/s1. The van der Waals surface area contributed by atoms with Crippen molar-refractivity contribution < 1.29 is 28.0 Å². The number of sulfonamides is 1. The predicted octanol–water partition coefficient (Wildman–Crippen LogP) is 0.669. The van der Waals surface area contributed by atoms with E-state index in [2.05, 4.69) is 5.48 Å². The molecule has 0 saturated carbocycles. The van der Waals surface area contributed by atoms with Gasteiger partial charge in [-0.05, 0) is 38.8 Å². The first-order valence-electron chi connectivity index (χ1n) is 7.51. The van der Waals surface area contributed by atoms with Crippen LogP contribution in [0.25, 0.3) is 0 Å². The lowest BCUT2D eigenvalue weighted by Gasteiger charge is -2.23. The van der Waals surface area contributed by atoms with Crippen LogP contribution in [0.2, 0.25) is 0 Å². The molecule has 0 aliphatic carbocycles. The van der Waals surface area contributed by atoms with Gasteiger partial charge >= 0.3 is 11.9 Å². The van der Waals surface area contributed by atoms with Gasteiger partial charge < -0.3 is 9.94 Å². The highest BCUT2D eigenvalue weighted by molar-refractivity contribution is 7.89. The highest BCUT2D eigenvalue weighted by Gasteiger charge is 2.40. The van der Waals surface area contributed by atoms with Crippen LogP contribution >= 0.6 is 0 Å². The number of carbonyl (C=O) groups is 2. The van der Waals surface area contributed by atoms with Crippen LogP contribution in [0.1, 0.15) is 25.3 Å². The minimum absolute atomic E-state index is 0.111. The van der Waals surface area contributed by atoms with Gasteiger partial charge in [0.15, 0.2) is 0 Å². The number of hydroxylamine groups is 1. The van der Waals surface area contributed by atoms with Crippen molar-refractivity contribution in [1.82, 2.24) is 9.79 Å². The van der Waals surface area contributed by atoms with Crippen LogP contribution in [-0.2, 0) is 24.4 Å². The molecule has 1 fully saturated rings. The first kappa shape index (κ1) is 18.4. The quantitative estimate of drug-likeness (QED) is 0.720. The minimum Gasteiger partial charge on any atom is -0.480 e. The Bertz CT molecular complexity index is 716. The summed E-state index contributed by atoms with van der Waals surface area (Å²) in [6.45, 7) is 3.37. The van der Waals surface area contributed by atoms with Crippen LogP contribution < -0.4 is 5.48 Å². The molecule has 1 aliphatic rings. The molecule has 2 rings (SSSR count). The van der Waals surface area contributed by atoms with Crippen molar-refractivity contribution in [1.29, 1.82) is 0 Å². The van der Waals surface area contributed by atoms with E-state index in [4.69, 9.17) is 9.94 Å². The van der Waals surface area contributed by atoms with Gasteiger partial charge in [0, 0.05) is 6.54 Å². The van der Waals surface area contributed by atoms with Gasteiger partial charge in [-0.3, -0.25) is 4.79 Å². The normalized spacial score (nSPS) is 19.8. The van der Waals surface area contributed by atoms with Crippen molar-refractivity contribution in [2.24, 2.45) is 0 Å². The molecule has 1 aromatic carbocycles. The van der Waals surface area contributed by atoms with Gasteiger partial charge in [-0.1, -0.05) is 17.7 Å². The summed E-state index contributed by atoms with van der Waals surface area (Å²) in [5.74, 6) is -1.99. The molecule has 1 aromatic rings. The fraction of sp³-hybridized carbons (Fsp3) is 0.467. The smallest absolute Gasteiger partial charge is 0.343 e. The number of carboxylic acid groups (broad SMARTS) is 1. The summed E-state index contributed by atoms with van der Waals surface area (Å²) in [5.41, 5.74) is 3.04. The van der Waals surface area contributed by atoms with Crippen LogP contribution in [0.4, 0.5) is 0 Å². The van der Waals surface area contributed by atoms with Crippen molar-refractivity contribution in [3.05, 3.63) is 29.8 Å². The summed E-state index contributed by atoms with van der Waals surface area (Å²) < 4.78 is 26.5. The van der Waals surface area contributed by atoms with E-state index in [0.29, 0.717) is 12.8 Å². The molecule has 9 heteroatoms. The highest BCUT2D eigenvalue weighted by atomic mass is 32.2. The Morgan fingerprint density at radius 2 is 1.96 bits per heavy atom. The van der Waals surface area contributed by atoms with Crippen molar-refractivity contribution in [2.45, 2.75) is 43.7 Å². The molecule has 0 radical (unpaired) electrons. The lowest BCUT2D eigenvalue weighted by atomic mass is 10.2. The zero-order valence-corrected chi connectivity index (χ0v) is 14.2. The molecular weight excluding hydrogens is 336 g/mol. The SMILES string of the molecule is Cc1ccc(S(=O)(=O)N2CCC[C@@H]2C(=O)ON[C@@H](C)C(=O)O)cc1. The molecule has 2 N–H and O–H groups in total. The second-order valence-electron chi connectivity index (χ2n) is 5.69. The number of carboxylic acids is 1. The first-order chi connectivity index (χ1) is 11.2. The molecule has 1 heterocycles. The zero-order chi connectivity index (χ0) is 17.9. The predicted molar refractivity (Wildman–Crippen MR) is 84.4 cm³/mol. The fourth-order valence-electron chi connectivity index (χ4n) is 2.37. The van der Waals surface area contributed by atoms with E-state index < -0.39 is 34.0 Å². The maximum atomic E-state index is 12.7. The maximum absolute atomic E-state index is 12.7. The van der Waals surface area contributed by atoms with Crippen LogP contribution in [0, 0.1) is 6.92 Å². The molecule has 0 bridgehead atoms. The molecule has 132 valence electrons. The van der Waals surface area contributed by atoms with Crippen molar-refractivity contribution in [3.8, 4) is 0 Å². The Labute approximate surface area is 140 Å². The third-order valence-electron chi connectivity index (χ3n) is 3.81. The molecule has 1 saturated heterocycles. The number of rotatable bonds is 6. The fourth-order valence-corrected chi connectivity index (χ4v) is 4.02. The first-order valence-corrected chi connectivity index (χ1v) is 8.95. The van der Waals surface area contributed by atoms with Crippen molar-refractivity contribution in [2.75, 3.05) is 6.54 Å². The zero-order valence-electron chi connectivity index (χ0n) is 13.4. The number of nitrogens with one attached hydrogen (secondary N) is 1. The van der Waals surface area contributed by atoms with Gasteiger partial charge in [-0.2, -0.15) is 4.31 Å². The average molecular weight is 356 g/mol. The van der Waals surface area contributed by atoms with Crippen molar-refractivity contribution >= 4 is 22.0 Å². The van der Waals surface area contributed by atoms with Gasteiger partial charge in [-0.15, -0.1) is 5.48 Å². The van der Waals surface area contributed by atoms with Crippen LogP contribution in [-0.4, -0.2) is 48.4 Å². The van der Waals surface area contributed by atoms with E-state index in [1.165, 1.54) is 19.1 Å². The number of benzene rings is 1. The molecule has 0 unspecified atom stereocenters. The third-order valence-corrected chi connectivity index (χ3v) is 5.73. The summed E-state index contributed by atoms with van der Waals surface area (Å²) in [5, 5.41) is 8.75. The molecule has 0 aromatic heterocycles. The number of nitrogens with zero attached hydrogens (tertiary/aromatic N) is 1. The maximum Gasteiger partial charge on any atom is 0.343 e. The van der Waals surface area contributed by atoms with Crippen LogP contribution in [0.5, 0.6) is 0 Å². The molecule has 0 amide bonds. The number of aryl methyl sites for hydroxylation is 1. The largest absolute Gasteiger partial charge is 0.480 e. The number of hydrogen-bond acceptors (Lipinski definition) is 6. The second kappa shape index (κ2) is 7.29. The van der Waals surface area contributed by atoms with E-state index in [9.17, 15) is 18.0 Å². The third kappa shape index (κ3) is 3.92. The second-order valence-corrected chi connectivity index (χ2v) is 7.58. The van der Waals surface area contributed by atoms with E-state index in [1.54, 1.807) is 12.1 Å². The van der Waals surface area contributed by atoms with Gasteiger partial charge in [0.05, 0.1) is 4.90 Å². The topological polar surface area (TPSA) is 113 Å². The van der Waals surface area contributed by atoms with Gasteiger partial charge in [0.2, 0.25) is 10.0 Å². The van der Waals surface area contributed by atoms with Crippen LogP contribution in [0.3, 0.4) is 0 Å². The summed E-state index contributed by atoms with van der Waals surface area (Å²) in [6.07, 6.45) is 0.854. The van der Waals surface area contributed by atoms with E-state index in [-0.39, 0.29) is 11.4 Å². The van der Waals surface area contributed by atoms with Crippen molar-refractivity contribution in [3.63, 3.8) is 0 Å². The van der Waals surface area contributed by atoms with Gasteiger partial charge in [-0.25, -0.2) is 13.2 Å². The molecule has 0 spiro atoms. The van der Waals surface area contributed by atoms with E-state index in [0.717, 1.165) is 9.87 Å². The Balaban J connectivity index is 2.13. The number of aliphatic carboxylic acids is 1. The molecule has 2 atom stereocenters. The lowest BCUT2D eigenvalue weighted by Crippen LogP contribution is -2.45. The molecule has 8 nitrogen and oxygen atoms in total. The molecule has 24 heavy (non-hydrogen) atoms. The molecular formula is C15H20N2O6S. The Kier molecular flexibility index (Phi) is 5.58. The number of carbonyl (C=O) groups excluding carboxylic acids is 1. The lowest BCUT2D eigenvalue weighted by molar-refractivity contribution is -0.160. The monoisotopic (exact) mass is 356 g/mol. The van der Waals surface area contributed by atoms with Gasteiger partial charge in [0.1, 0.15) is 12.1 Å². The van der Waals surface area contributed by atoms with E-state index >= 15 is 0 Å². The van der Waals surface area contributed by atoms with Crippen LogP contribution in [0.15, 0.2) is 29.2 Å². The summed E-state index contributed by atoms with van der Waals surface area (Å²) in [6, 6.07) is 4.31. The number of hydrogen-bond donors (Lipinski definition) is 2. The Morgan fingerprint density at radius 1 is 1.33 bits per heavy atom. The summed E-state index contributed by atoms with van der Waals surface area (Å²) in [4.78, 5) is 27.7. The summed E-state index contributed by atoms with van der Waals surface area (Å²) in [7, 11) is -3.82. The Hall–Kier alpha value is -1.97. The van der Waals surface area contributed by atoms with E-state index in [1.807, 2.05) is 6.92 Å². The highest BCUT2D eigenvalue weighted by Crippen LogP contribution is 2.26. The summed E-state index contributed by atoms with van der Waals surface area (Å²) >= 11 is 0. The molecule has 1 aliphatic heterocycles. The average Bonchev–Trinajstić information content (AvgIpc) is 3.03.